The Morgan fingerprint density at radius 1 is 1.06 bits per heavy atom. The third kappa shape index (κ3) is 5.20. The highest BCUT2D eigenvalue weighted by molar-refractivity contribution is 5.92. The summed E-state index contributed by atoms with van der Waals surface area (Å²) in [5.74, 6) is 0.339. The van der Waals surface area contributed by atoms with Crippen LogP contribution >= 0.6 is 0 Å². The summed E-state index contributed by atoms with van der Waals surface area (Å²) in [5, 5.41) is 2.94. The monoisotopic (exact) mass is 417 g/mol. The van der Waals surface area contributed by atoms with Crippen LogP contribution in [0.15, 0.2) is 65.3 Å². The van der Waals surface area contributed by atoms with Gasteiger partial charge in [0.1, 0.15) is 6.26 Å². The molecule has 6 heteroatoms. The summed E-state index contributed by atoms with van der Waals surface area (Å²) in [6.45, 7) is 3.30. The number of hydrogen-bond acceptors (Lipinski definition) is 4. The molecule has 2 heterocycles. The van der Waals surface area contributed by atoms with E-state index in [2.05, 4.69) is 17.2 Å². The molecule has 31 heavy (non-hydrogen) atoms. The molecule has 3 aromatic rings. The molecule has 1 saturated heterocycles. The SMILES string of the molecule is CC1CCCCN1C(=O)c1coc(-c2ccc(CNC(=O)Cc3ccccc3)cc2)n1. The number of carbonyl (C=O) groups excluding carboxylic acids is 2. The van der Waals surface area contributed by atoms with Crippen molar-refractivity contribution in [3.05, 3.63) is 77.7 Å². The van der Waals surface area contributed by atoms with Crippen molar-refractivity contribution in [3.63, 3.8) is 0 Å². The summed E-state index contributed by atoms with van der Waals surface area (Å²) in [5.41, 5.74) is 3.12. The molecular weight excluding hydrogens is 390 g/mol. The van der Waals surface area contributed by atoms with Crippen LogP contribution in [-0.2, 0) is 17.8 Å². The maximum atomic E-state index is 12.8. The van der Waals surface area contributed by atoms with Crippen molar-refractivity contribution in [2.45, 2.75) is 45.2 Å². The van der Waals surface area contributed by atoms with Gasteiger partial charge in [-0.25, -0.2) is 4.98 Å². The van der Waals surface area contributed by atoms with E-state index in [9.17, 15) is 9.59 Å². The van der Waals surface area contributed by atoms with Gasteiger partial charge in [-0.1, -0.05) is 42.5 Å². The molecule has 160 valence electrons. The minimum atomic E-state index is -0.0695. The third-order valence-electron chi connectivity index (χ3n) is 5.69. The van der Waals surface area contributed by atoms with Crippen LogP contribution in [-0.4, -0.2) is 34.3 Å². The van der Waals surface area contributed by atoms with Crippen LogP contribution < -0.4 is 5.32 Å². The Bertz CT molecular complexity index is 1030. The van der Waals surface area contributed by atoms with Gasteiger partial charge in [0.2, 0.25) is 11.8 Å². The molecule has 0 saturated carbocycles. The normalized spacial score (nSPS) is 16.2. The smallest absolute Gasteiger partial charge is 0.276 e. The van der Waals surface area contributed by atoms with Crippen molar-refractivity contribution in [1.29, 1.82) is 0 Å². The number of benzene rings is 2. The Hall–Kier alpha value is -3.41. The highest BCUT2D eigenvalue weighted by Crippen LogP contribution is 2.23. The maximum Gasteiger partial charge on any atom is 0.276 e. The molecule has 0 bridgehead atoms. The van der Waals surface area contributed by atoms with E-state index in [0.29, 0.717) is 24.6 Å². The van der Waals surface area contributed by atoms with Gasteiger partial charge >= 0.3 is 0 Å². The summed E-state index contributed by atoms with van der Waals surface area (Å²) in [6.07, 6.45) is 5.02. The van der Waals surface area contributed by atoms with E-state index < -0.39 is 0 Å². The first-order valence-electron chi connectivity index (χ1n) is 10.8. The van der Waals surface area contributed by atoms with Gasteiger partial charge in [-0.3, -0.25) is 9.59 Å². The largest absolute Gasteiger partial charge is 0.444 e. The van der Waals surface area contributed by atoms with Crippen LogP contribution in [0.2, 0.25) is 0 Å². The topological polar surface area (TPSA) is 75.4 Å². The maximum absolute atomic E-state index is 12.8. The third-order valence-corrected chi connectivity index (χ3v) is 5.69. The number of oxazole rings is 1. The minimum Gasteiger partial charge on any atom is -0.444 e. The number of nitrogens with one attached hydrogen (secondary N) is 1. The van der Waals surface area contributed by atoms with Gasteiger partial charge in [0.05, 0.1) is 6.42 Å². The van der Waals surface area contributed by atoms with E-state index >= 15 is 0 Å². The minimum absolute atomic E-state index is 0.0157. The average molecular weight is 418 g/mol. The molecule has 0 radical (unpaired) electrons. The van der Waals surface area contributed by atoms with Gasteiger partial charge in [0.15, 0.2) is 5.69 Å². The summed E-state index contributed by atoms with van der Waals surface area (Å²) < 4.78 is 5.57. The lowest BCUT2D eigenvalue weighted by molar-refractivity contribution is -0.120. The Morgan fingerprint density at radius 2 is 1.84 bits per heavy atom. The number of nitrogens with zero attached hydrogens (tertiary/aromatic N) is 2. The second-order valence-electron chi connectivity index (χ2n) is 8.02. The van der Waals surface area contributed by atoms with Crippen molar-refractivity contribution in [2.24, 2.45) is 0 Å². The first-order valence-corrected chi connectivity index (χ1v) is 10.8. The molecule has 2 aromatic carbocycles. The zero-order chi connectivity index (χ0) is 21.6. The Kier molecular flexibility index (Phi) is 6.46. The lowest BCUT2D eigenvalue weighted by Crippen LogP contribution is -2.42. The second kappa shape index (κ2) is 9.60. The van der Waals surface area contributed by atoms with Crippen LogP contribution in [0.5, 0.6) is 0 Å². The Labute approximate surface area is 182 Å². The standard InChI is InChI=1S/C25H27N3O3/c1-18-7-5-6-14-28(18)25(30)22-17-31-24(27-22)21-12-10-20(11-13-21)16-26-23(29)15-19-8-3-2-4-9-19/h2-4,8-13,17-18H,5-7,14-16H2,1H3,(H,26,29). The fraction of sp³-hybridized carbons (Fsp3) is 0.320. The molecule has 2 amide bonds. The molecule has 0 spiro atoms. The molecule has 1 atom stereocenters. The Balaban J connectivity index is 1.34. The molecule has 1 N–H and O–H groups in total. The van der Waals surface area contributed by atoms with Gasteiger partial charge in [0, 0.05) is 24.7 Å². The van der Waals surface area contributed by atoms with Crippen molar-refractivity contribution in [2.75, 3.05) is 6.54 Å². The van der Waals surface area contributed by atoms with E-state index in [1.165, 1.54) is 6.26 Å². The lowest BCUT2D eigenvalue weighted by atomic mass is 10.0. The van der Waals surface area contributed by atoms with Crippen molar-refractivity contribution in [3.8, 4) is 11.5 Å². The number of rotatable bonds is 6. The number of likely N-dealkylation sites (tertiary alicyclic amines) is 1. The Morgan fingerprint density at radius 3 is 2.58 bits per heavy atom. The van der Waals surface area contributed by atoms with E-state index in [0.717, 1.165) is 42.5 Å². The van der Waals surface area contributed by atoms with Gasteiger partial charge in [0.25, 0.3) is 5.91 Å². The number of amides is 2. The zero-order valence-electron chi connectivity index (χ0n) is 17.7. The highest BCUT2D eigenvalue weighted by atomic mass is 16.3. The molecule has 6 nitrogen and oxygen atoms in total. The quantitative estimate of drug-likeness (QED) is 0.652. The van der Waals surface area contributed by atoms with Crippen LogP contribution in [0.4, 0.5) is 0 Å². The summed E-state index contributed by atoms with van der Waals surface area (Å²) in [4.78, 5) is 31.2. The van der Waals surface area contributed by atoms with E-state index in [1.807, 2.05) is 59.5 Å². The number of carbonyl (C=O) groups is 2. The predicted octanol–water partition coefficient (Wildman–Crippen LogP) is 4.22. The van der Waals surface area contributed by atoms with E-state index in [-0.39, 0.29) is 17.9 Å². The first-order chi connectivity index (χ1) is 15.1. The summed E-state index contributed by atoms with van der Waals surface area (Å²) >= 11 is 0. The molecule has 0 aliphatic carbocycles. The molecule has 1 aromatic heterocycles. The van der Waals surface area contributed by atoms with Crippen LogP contribution in [0.25, 0.3) is 11.5 Å². The van der Waals surface area contributed by atoms with Gasteiger partial charge in [-0.15, -0.1) is 0 Å². The summed E-state index contributed by atoms with van der Waals surface area (Å²) in [6, 6.07) is 17.5. The lowest BCUT2D eigenvalue weighted by Gasteiger charge is -2.32. The van der Waals surface area contributed by atoms with E-state index in [1.54, 1.807) is 0 Å². The number of aromatic nitrogens is 1. The predicted molar refractivity (Wildman–Crippen MR) is 118 cm³/mol. The zero-order valence-corrected chi connectivity index (χ0v) is 17.7. The van der Waals surface area contributed by atoms with Crippen LogP contribution in [0.1, 0.15) is 47.8 Å². The van der Waals surface area contributed by atoms with Crippen LogP contribution in [0.3, 0.4) is 0 Å². The van der Waals surface area contributed by atoms with Gasteiger partial charge in [-0.05, 0) is 49.4 Å². The average Bonchev–Trinajstić information content (AvgIpc) is 3.29. The molecule has 1 fully saturated rings. The fourth-order valence-electron chi connectivity index (χ4n) is 3.86. The highest BCUT2D eigenvalue weighted by Gasteiger charge is 2.26. The van der Waals surface area contributed by atoms with Crippen molar-refractivity contribution >= 4 is 11.8 Å². The van der Waals surface area contributed by atoms with Gasteiger partial charge < -0.3 is 14.6 Å². The van der Waals surface area contributed by atoms with Crippen LogP contribution in [0, 0.1) is 0 Å². The summed E-state index contributed by atoms with van der Waals surface area (Å²) in [7, 11) is 0. The van der Waals surface area contributed by atoms with Crippen molar-refractivity contribution < 1.29 is 14.0 Å². The fourth-order valence-corrected chi connectivity index (χ4v) is 3.86. The van der Waals surface area contributed by atoms with E-state index in [4.69, 9.17) is 4.42 Å². The van der Waals surface area contributed by atoms with Crippen molar-refractivity contribution in [1.82, 2.24) is 15.2 Å². The number of piperidine rings is 1. The van der Waals surface area contributed by atoms with Gasteiger partial charge in [-0.2, -0.15) is 0 Å². The molecule has 1 aliphatic heterocycles. The molecular formula is C25H27N3O3. The molecule has 1 aliphatic rings. The first kappa shape index (κ1) is 20.8. The second-order valence-corrected chi connectivity index (χ2v) is 8.02. The number of hydrogen-bond donors (Lipinski definition) is 1. The molecule has 4 rings (SSSR count). The molecule has 1 unspecified atom stereocenters.